The van der Waals surface area contributed by atoms with E-state index in [9.17, 15) is 22.0 Å². The zero-order chi connectivity index (χ0) is 19.1. The second-order valence-corrected chi connectivity index (χ2v) is 4.92. The first-order valence-electron chi connectivity index (χ1n) is 6.87. The van der Waals surface area contributed by atoms with Crippen molar-refractivity contribution >= 4 is 13.0 Å². The number of hydrogen-bond donors (Lipinski definition) is 2. The Morgan fingerprint density at radius 1 is 0.840 bits per heavy atom. The molecule has 0 aliphatic rings. The van der Waals surface area contributed by atoms with Crippen LogP contribution in [0.25, 0.3) is 0 Å². The van der Waals surface area contributed by atoms with Crippen LogP contribution in [-0.4, -0.2) is 31.5 Å². The van der Waals surface area contributed by atoms with Crippen LogP contribution in [-0.2, 0) is 11.3 Å². The molecule has 0 bridgehead atoms. The fraction of sp³-hybridized carbons (Fsp3) is 0.200. The highest BCUT2D eigenvalue weighted by molar-refractivity contribution is 6.32. The summed E-state index contributed by atoms with van der Waals surface area (Å²) < 4.78 is 67.4. The molecule has 0 radical (unpaired) electrons. The molecule has 0 aliphatic carbocycles. The molecule has 0 unspecified atom stereocenters. The van der Waals surface area contributed by atoms with E-state index in [1.165, 1.54) is 5.69 Å². The maximum absolute atomic E-state index is 12.9. The standard InChI is InChI=1S/C8H11N.C7H4BF5O3/c1-9(2)8-6-4-3-5-7-8;9-3-2(1-16-8(14)15)4(10)6(12)7(13)5(3)11/h3-7H,1-2H3;14-15H,1H2. The van der Waals surface area contributed by atoms with E-state index in [1.807, 2.05) is 32.3 Å². The molecular weight excluding hydrogens is 348 g/mol. The number of benzene rings is 2. The Kier molecular flexibility index (Phi) is 7.81. The fourth-order valence-corrected chi connectivity index (χ4v) is 1.66. The van der Waals surface area contributed by atoms with Crippen molar-refractivity contribution in [1.82, 2.24) is 0 Å². The van der Waals surface area contributed by atoms with Gasteiger partial charge in [0.15, 0.2) is 23.3 Å². The third-order valence-corrected chi connectivity index (χ3v) is 2.95. The average Bonchev–Trinajstić information content (AvgIpc) is 2.59. The quantitative estimate of drug-likeness (QED) is 0.380. The molecule has 0 amide bonds. The number of nitrogens with zero attached hydrogens (tertiary/aromatic N) is 1. The van der Waals surface area contributed by atoms with Crippen LogP contribution >= 0.6 is 0 Å². The fourth-order valence-electron chi connectivity index (χ4n) is 1.66. The Labute approximate surface area is 141 Å². The van der Waals surface area contributed by atoms with Crippen LogP contribution in [0.1, 0.15) is 5.56 Å². The Morgan fingerprint density at radius 2 is 1.28 bits per heavy atom. The van der Waals surface area contributed by atoms with Gasteiger partial charge in [-0.05, 0) is 12.1 Å². The molecule has 2 N–H and O–H groups in total. The van der Waals surface area contributed by atoms with E-state index < -0.39 is 48.6 Å². The molecule has 10 heteroatoms. The summed E-state index contributed by atoms with van der Waals surface area (Å²) in [6.07, 6.45) is 0. The summed E-state index contributed by atoms with van der Waals surface area (Å²) >= 11 is 0. The third-order valence-electron chi connectivity index (χ3n) is 2.95. The van der Waals surface area contributed by atoms with Gasteiger partial charge in [-0.25, -0.2) is 22.0 Å². The Balaban J connectivity index is 0.000000293. The van der Waals surface area contributed by atoms with Crippen molar-refractivity contribution < 1.29 is 36.7 Å². The minimum atomic E-state index is -2.38. The minimum Gasteiger partial charge on any atom is -0.402 e. The summed E-state index contributed by atoms with van der Waals surface area (Å²) in [5.74, 6) is -10.7. The lowest BCUT2D eigenvalue weighted by molar-refractivity contribution is 0.170. The molecule has 2 aromatic carbocycles. The van der Waals surface area contributed by atoms with Crippen LogP contribution in [0.4, 0.5) is 27.6 Å². The van der Waals surface area contributed by atoms with E-state index in [4.69, 9.17) is 10.0 Å². The molecule has 4 nitrogen and oxygen atoms in total. The van der Waals surface area contributed by atoms with Gasteiger partial charge in [0, 0.05) is 19.8 Å². The van der Waals surface area contributed by atoms with Crippen LogP contribution in [0.3, 0.4) is 0 Å². The summed E-state index contributed by atoms with van der Waals surface area (Å²) in [4.78, 5) is 2.08. The predicted molar refractivity (Wildman–Crippen MR) is 82.0 cm³/mol. The third kappa shape index (κ3) is 5.70. The van der Waals surface area contributed by atoms with Gasteiger partial charge in [-0.2, -0.15) is 0 Å². The zero-order valence-corrected chi connectivity index (χ0v) is 13.3. The molecule has 0 aromatic heterocycles. The largest absolute Gasteiger partial charge is 0.634 e. The van der Waals surface area contributed by atoms with Gasteiger partial charge in [0.05, 0.1) is 12.2 Å². The summed E-state index contributed by atoms with van der Waals surface area (Å²) in [6.45, 7) is -1.16. The van der Waals surface area contributed by atoms with Gasteiger partial charge in [-0.3, -0.25) is 0 Å². The number of rotatable bonds is 4. The highest BCUT2D eigenvalue weighted by Crippen LogP contribution is 2.23. The summed E-state index contributed by atoms with van der Waals surface area (Å²) in [6, 6.07) is 10.3. The number of hydrogen-bond acceptors (Lipinski definition) is 4. The first-order valence-corrected chi connectivity index (χ1v) is 6.87. The second-order valence-electron chi connectivity index (χ2n) is 4.92. The SMILES string of the molecule is CN(C)c1ccccc1.OB(O)OCc1c(F)c(F)c(F)c(F)c1F. The van der Waals surface area contributed by atoms with Crippen LogP contribution in [0.2, 0.25) is 0 Å². The highest BCUT2D eigenvalue weighted by Gasteiger charge is 2.26. The number of para-hydroxylation sites is 1. The molecule has 2 rings (SSSR count). The molecular formula is C15H15BF5NO3. The first-order chi connectivity index (χ1) is 11.7. The van der Waals surface area contributed by atoms with Crippen molar-refractivity contribution in [1.29, 1.82) is 0 Å². The van der Waals surface area contributed by atoms with Crippen LogP contribution in [0.5, 0.6) is 0 Å². The molecule has 136 valence electrons. The van der Waals surface area contributed by atoms with Crippen LogP contribution in [0, 0.1) is 29.1 Å². The van der Waals surface area contributed by atoms with E-state index in [-0.39, 0.29) is 0 Å². The van der Waals surface area contributed by atoms with Gasteiger partial charge in [0.25, 0.3) is 0 Å². The molecule has 0 heterocycles. The lowest BCUT2D eigenvalue weighted by atomic mass is 10.1. The maximum Gasteiger partial charge on any atom is 0.634 e. The van der Waals surface area contributed by atoms with Gasteiger partial charge < -0.3 is 19.6 Å². The normalized spacial score (nSPS) is 10.1. The van der Waals surface area contributed by atoms with Crippen molar-refractivity contribution in [2.45, 2.75) is 6.61 Å². The number of halogens is 5. The number of anilines is 1. The highest BCUT2D eigenvalue weighted by atomic mass is 19.2. The molecule has 0 fully saturated rings. The van der Waals surface area contributed by atoms with Crippen LogP contribution in [0.15, 0.2) is 30.3 Å². The Bertz CT molecular complexity index is 672. The van der Waals surface area contributed by atoms with E-state index in [2.05, 4.69) is 21.7 Å². The maximum atomic E-state index is 12.9. The van der Waals surface area contributed by atoms with Crippen molar-refractivity contribution in [2.24, 2.45) is 0 Å². The smallest absolute Gasteiger partial charge is 0.402 e. The van der Waals surface area contributed by atoms with Crippen LogP contribution < -0.4 is 4.90 Å². The molecule has 0 aliphatic heterocycles. The lowest BCUT2D eigenvalue weighted by Crippen LogP contribution is -2.18. The van der Waals surface area contributed by atoms with Gasteiger partial charge in [-0.15, -0.1) is 0 Å². The van der Waals surface area contributed by atoms with E-state index >= 15 is 0 Å². The Hall–Kier alpha value is -2.17. The summed E-state index contributed by atoms with van der Waals surface area (Å²) in [5, 5.41) is 16.4. The molecule has 0 spiro atoms. The van der Waals surface area contributed by atoms with Gasteiger partial charge in [-0.1, -0.05) is 18.2 Å². The Morgan fingerprint density at radius 3 is 1.64 bits per heavy atom. The van der Waals surface area contributed by atoms with Gasteiger partial charge >= 0.3 is 7.32 Å². The topological polar surface area (TPSA) is 52.9 Å². The molecule has 25 heavy (non-hydrogen) atoms. The van der Waals surface area contributed by atoms with E-state index in [1.54, 1.807) is 0 Å². The van der Waals surface area contributed by atoms with E-state index in [0.717, 1.165) is 0 Å². The van der Waals surface area contributed by atoms with Gasteiger partial charge in [0.2, 0.25) is 5.82 Å². The van der Waals surface area contributed by atoms with Crippen molar-refractivity contribution in [3.8, 4) is 0 Å². The zero-order valence-electron chi connectivity index (χ0n) is 13.3. The summed E-state index contributed by atoms with van der Waals surface area (Å²) in [5.41, 5.74) is -0.0259. The molecule has 2 aromatic rings. The first kappa shape index (κ1) is 20.9. The summed E-state index contributed by atoms with van der Waals surface area (Å²) in [7, 11) is 1.69. The van der Waals surface area contributed by atoms with Crippen molar-refractivity contribution in [3.63, 3.8) is 0 Å². The van der Waals surface area contributed by atoms with Crippen molar-refractivity contribution in [2.75, 3.05) is 19.0 Å². The van der Waals surface area contributed by atoms with E-state index in [0.29, 0.717) is 0 Å². The molecule has 0 atom stereocenters. The van der Waals surface area contributed by atoms with Crippen molar-refractivity contribution in [3.05, 3.63) is 65.0 Å². The monoisotopic (exact) mass is 363 g/mol. The second kappa shape index (κ2) is 9.35. The lowest BCUT2D eigenvalue weighted by Gasteiger charge is -2.10. The average molecular weight is 363 g/mol. The minimum absolute atomic E-state index is 1.16. The molecule has 0 saturated heterocycles. The molecule has 0 saturated carbocycles. The van der Waals surface area contributed by atoms with Gasteiger partial charge in [0.1, 0.15) is 0 Å². The predicted octanol–water partition coefficient (Wildman–Crippen LogP) is 2.62.